The van der Waals surface area contributed by atoms with E-state index in [1.807, 2.05) is 0 Å². The van der Waals surface area contributed by atoms with Crippen LogP contribution in [0.1, 0.15) is 19.8 Å². The Labute approximate surface area is 126 Å². The van der Waals surface area contributed by atoms with Crippen molar-refractivity contribution in [2.75, 3.05) is 43.0 Å². The number of aliphatic hydroxyl groups excluding tert-OH is 1. The van der Waals surface area contributed by atoms with Crippen molar-refractivity contribution >= 4 is 17.3 Å². The number of nitrogens with one attached hydrogen (secondary N) is 1. The average molecular weight is 288 g/mol. The number of aliphatic imine (C=N–C) groups is 1. The molecule has 3 rings (SSSR count). The van der Waals surface area contributed by atoms with Gasteiger partial charge in [0.1, 0.15) is 0 Å². The van der Waals surface area contributed by atoms with Crippen LogP contribution in [-0.4, -0.2) is 54.8 Å². The number of para-hydroxylation sites is 2. The maximum Gasteiger partial charge on any atom is 0.198 e. The van der Waals surface area contributed by atoms with Crippen LogP contribution < -0.4 is 10.2 Å². The van der Waals surface area contributed by atoms with E-state index in [0.29, 0.717) is 12.6 Å². The molecule has 5 heteroatoms. The Bertz CT molecular complexity index is 517. The number of aliphatic hydroxyl groups is 1. The highest BCUT2D eigenvalue weighted by molar-refractivity contribution is 5.97. The molecule has 1 aromatic rings. The second kappa shape index (κ2) is 6.35. The van der Waals surface area contributed by atoms with Gasteiger partial charge in [-0.2, -0.15) is 0 Å². The molecule has 0 bridgehead atoms. The Hall–Kier alpha value is -1.75. The fourth-order valence-corrected chi connectivity index (χ4v) is 3.18. The summed E-state index contributed by atoms with van der Waals surface area (Å²) in [5, 5.41) is 12.6. The van der Waals surface area contributed by atoms with Crippen molar-refractivity contribution in [3.05, 3.63) is 24.3 Å². The lowest BCUT2D eigenvalue weighted by Gasteiger charge is -2.28. The van der Waals surface area contributed by atoms with Crippen LogP contribution in [0, 0.1) is 0 Å². The van der Waals surface area contributed by atoms with Crippen molar-refractivity contribution in [1.82, 2.24) is 4.90 Å². The van der Waals surface area contributed by atoms with Crippen LogP contribution in [0.3, 0.4) is 0 Å². The van der Waals surface area contributed by atoms with Crippen molar-refractivity contribution in [2.24, 2.45) is 4.99 Å². The van der Waals surface area contributed by atoms with Crippen LogP contribution in [0.2, 0.25) is 0 Å². The molecule has 1 unspecified atom stereocenters. The molecule has 0 aromatic heterocycles. The molecule has 21 heavy (non-hydrogen) atoms. The third-order valence-electron chi connectivity index (χ3n) is 4.31. The molecule has 5 nitrogen and oxygen atoms in total. The SMILES string of the molecule is CC1CCCN1c1ccccc1NC1=NCCN1CCO. The number of β-amino-alcohol motifs (C(OH)–C–C–N with tert-alkyl or cyclic N) is 1. The minimum atomic E-state index is 0.158. The first-order valence-corrected chi connectivity index (χ1v) is 7.82. The van der Waals surface area contributed by atoms with Gasteiger partial charge in [-0.25, -0.2) is 0 Å². The quantitative estimate of drug-likeness (QED) is 0.886. The zero-order chi connectivity index (χ0) is 14.7. The number of hydrogen-bond donors (Lipinski definition) is 2. The third kappa shape index (κ3) is 2.97. The van der Waals surface area contributed by atoms with E-state index in [9.17, 15) is 0 Å². The van der Waals surface area contributed by atoms with Crippen LogP contribution in [0.15, 0.2) is 29.3 Å². The Morgan fingerprint density at radius 2 is 2.19 bits per heavy atom. The first-order valence-electron chi connectivity index (χ1n) is 7.82. The number of anilines is 2. The molecule has 0 radical (unpaired) electrons. The van der Waals surface area contributed by atoms with Crippen LogP contribution in [0.4, 0.5) is 11.4 Å². The summed E-state index contributed by atoms with van der Waals surface area (Å²) in [4.78, 5) is 9.09. The van der Waals surface area contributed by atoms with Gasteiger partial charge in [0.2, 0.25) is 0 Å². The number of hydrogen-bond acceptors (Lipinski definition) is 5. The Morgan fingerprint density at radius 1 is 1.33 bits per heavy atom. The summed E-state index contributed by atoms with van der Waals surface area (Å²) < 4.78 is 0. The van der Waals surface area contributed by atoms with E-state index in [4.69, 9.17) is 5.11 Å². The van der Waals surface area contributed by atoms with Crippen molar-refractivity contribution in [1.29, 1.82) is 0 Å². The lowest BCUT2D eigenvalue weighted by atomic mass is 10.2. The summed E-state index contributed by atoms with van der Waals surface area (Å²) in [5.74, 6) is 0.878. The van der Waals surface area contributed by atoms with Gasteiger partial charge in [-0.05, 0) is 31.9 Å². The highest BCUT2D eigenvalue weighted by Crippen LogP contribution is 2.32. The molecule has 2 aliphatic rings. The summed E-state index contributed by atoms with van der Waals surface area (Å²) in [6.45, 7) is 5.87. The van der Waals surface area contributed by atoms with Gasteiger partial charge >= 0.3 is 0 Å². The molecular weight excluding hydrogens is 264 g/mol. The average Bonchev–Trinajstić information content (AvgIpc) is 3.10. The van der Waals surface area contributed by atoms with Crippen molar-refractivity contribution < 1.29 is 5.11 Å². The Morgan fingerprint density at radius 3 is 2.95 bits per heavy atom. The maximum atomic E-state index is 9.14. The smallest absolute Gasteiger partial charge is 0.198 e. The summed E-state index contributed by atoms with van der Waals surface area (Å²) in [5.41, 5.74) is 2.36. The standard InChI is InChI=1S/C16H24N4O/c1-13-5-4-9-20(13)15-7-3-2-6-14(15)18-16-17-8-10-19(16)11-12-21/h2-3,6-7,13,21H,4-5,8-12H2,1H3,(H,17,18). The maximum absolute atomic E-state index is 9.14. The molecule has 0 amide bonds. The van der Waals surface area contributed by atoms with Gasteiger partial charge in [0.25, 0.3) is 0 Å². The fourth-order valence-electron chi connectivity index (χ4n) is 3.18. The van der Waals surface area contributed by atoms with Gasteiger partial charge in [0, 0.05) is 25.7 Å². The highest BCUT2D eigenvalue weighted by atomic mass is 16.3. The molecular formula is C16H24N4O. The summed E-state index contributed by atoms with van der Waals surface area (Å²) in [6, 6.07) is 9.02. The minimum absolute atomic E-state index is 0.158. The molecule has 0 aliphatic carbocycles. The molecule has 2 aliphatic heterocycles. The van der Waals surface area contributed by atoms with Gasteiger partial charge in [-0.1, -0.05) is 12.1 Å². The highest BCUT2D eigenvalue weighted by Gasteiger charge is 2.24. The zero-order valence-corrected chi connectivity index (χ0v) is 12.6. The van der Waals surface area contributed by atoms with Gasteiger partial charge in [-0.15, -0.1) is 0 Å². The third-order valence-corrected chi connectivity index (χ3v) is 4.31. The number of rotatable bonds is 4. The Kier molecular flexibility index (Phi) is 4.29. The molecule has 1 aromatic carbocycles. The number of nitrogens with zero attached hydrogens (tertiary/aromatic N) is 3. The van der Waals surface area contributed by atoms with E-state index in [1.165, 1.54) is 18.5 Å². The predicted octanol–water partition coefficient (Wildman–Crippen LogP) is 1.75. The van der Waals surface area contributed by atoms with Crippen LogP contribution in [-0.2, 0) is 0 Å². The number of benzene rings is 1. The molecule has 1 fully saturated rings. The largest absolute Gasteiger partial charge is 0.395 e. The van der Waals surface area contributed by atoms with E-state index >= 15 is 0 Å². The molecule has 1 saturated heterocycles. The lowest BCUT2D eigenvalue weighted by Crippen LogP contribution is -2.36. The van der Waals surface area contributed by atoms with E-state index in [1.54, 1.807) is 0 Å². The van der Waals surface area contributed by atoms with Crippen LogP contribution in [0.5, 0.6) is 0 Å². The number of guanidine groups is 1. The van der Waals surface area contributed by atoms with Crippen LogP contribution >= 0.6 is 0 Å². The summed E-state index contributed by atoms with van der Waals surface area (Å²) in [7, 11) is 0. The van der Waals surface area contributed by atoms with E-state index in [-0.39, 0.29) is 6.61 Å². The molecule has 2 heterocycles. The van der Waals surface area contributed by atoms with Crippen molar-refractivity contribution in [2.45, 2.75) is 25.8 Å². The topological polar surface area (TPSA) is 51.1 Å². The minimum Gasteiger partial charge on any atom is -0.395 e. The van der Waals surface area contributed by atoms with Gasteiger partial charge < -0.3 is 20.2 Å². The zero-order valence-electron chi connectivity index (χ0n) is 12.6. The van der Waals surface area contributed by atoms with Gasteiger partial charge in [0.05, 0.1) is 24.5 Å². The van der Waals surface area contributed by atoms with Gasteiger partial charge in [-0.3, -0.25) is 4.99 Å². The van der Waals surface area contributed by atoms with E-state index in [2.05, 4.69) is 51.3 Å². The molecule has 2 N–H and O–H groups in total. The van der Waals surface area contributed by atoms with Crippen molar-refractivity contribution in [3.63, 3.8) is 0 Å². The molecule has 1 atom stereocenters. The fraction of sp³-hybridized carbons (Fsp3) is 0.562. The molecule has 114 valence electrons. The van der Waals surface area contributed by atoms with Crippen LogP contribution in [0.25, 0.3) is 0 Å². The van der Waals surface area contributed by atoms with E-state index < -0.39 is 0 Å². The first kappa shape index (κ1) is 14.2. The summed E-state index contributed by atoms with van der Waals surface area (Å²) >= 11 is 0. The second-order valence-corrected chi connectivity index (χ2v) is 5.74. The normalized spacial score (nSPS) is 21.8. The van der Waals surface area contributed by atoms with E-state index in [0.717, 1.165) is 31.3 Å². The molecule has 0 saturated carbocycles. The predicted molar refractivity (Wildman–Crippen MR) is 87.1 cm³/mol. The monoisotopic (exact) mass is 288 g/mol. The lowest BCUT2D eigenvalue weighted by molar-refractivity contribution is 0.256. The van der Waals surface area contributed by atoms with Gasteiger partial charge in [0.15, 0.2) is 5.96 Å². The summed E-state index contributed by atoms with van der Waals surface area (Å²) in [6.07, 6.45) is 2.51. The Balaban J connectivity index is 1.79. The molecule has 0 spiro atoms. The first-order chi connectivity index (χ1) is 10.3. The van der Waals surface area contributed by atoms with Crippen molar-refractivity contribution in [3.8, 4) is 0 Å². The second-order valence-electron chi connectivity index (χ2n) is 5.74.